The third-order valence-electron chi connectivity index (χ3n) is 8.84. The van der Waals surface area contributed by atoms with E-state index >= 15 is 0 Å². The number of aliphatic hydroxyl groups is 2. The van der Waals surface area contributed by atoms with Crippen molar-refractivity contribution in [1.29, 1.82) is 0 Å². The summed E-state index contributed by atoms with van der Waals surface area (Å²) in [4.78, 5) is 43.3. The monoisotopic (exact) mass is 626 g/mol. The van der Waals surface area contributed by atoms with Crippen molar-refractivity contribution in [2.24, 2.45) is 0 Å². The Balaban J connectivity index is 1.23. The van der Waals surface area contributed by atoms with Crippen LogP contribution in [0.3, 0.4) is 0 Å². The van der Waals surface area contributed by atoms with E-state index < -0.39 is 76.3 Å². The molecule has 0 amide bonds. The first-order valence-electron chi connectivity index (χ1n) is 14.2. The Kier molecular flexibility index (Phi) is 7.38. The number of nitrogens with zero attached hydrogens (tertiary/aromatic N) is 2. The smallest absolute Gasteiger partial charge is 0.416 e. The van der Waals surface area contributed by atoms with Crippen LogP contribution >= 0.6 is 0 Å². The Labute approximate surface area is 254 Å². The van der Waals surface area contributed by atoms with Crippen LogP contribution in [0.15, 0.2) is 42.5 Å². The molecule has 10 nitrogen and oxygen atoms in total. The number of rotatable bonds is 5. The Morgan fingerprint density at radius 2 is 1.64 bits per heavy atom. The highest BCUT2D eigenvalue weighted by atomic mass is 19.4. The van der Waals surface area contributed by atoms with E-state index in [-0.39, 0.29) is 34.7 Å². The molecule has 3 aromatic carbocycles. The van der Waals surface area contributed by atoms with Crippen LogP contribution in [0.2, 0.25) is 0 Å². The lowest BCUT2D eigenvalue weighted by Gasteiger charge is -2.37. The van der Waals surface area contributed by atoms with Crippen molar-refractivity contribution in [2.45, 2.75) is 37.6 Å². The van der Waals surface area contributed by atoms with Gasteiger partial charge in [0.15, 0.2) is 11.6 Å². The number of ether oxygens (including phenoxy) is 1. The molecule has 3 aliphatic rings. The maximum absolute atomic E-state index is 13.8. The van der Waals surface area contributed by atoms with E-state index in [0.29, 0.717) is 31.9 Å². The minimum atomic E-state index is -4.45. The van der Waals surface area contributed by atoms with Gasteiger partial charge >= 0.3 is 6.18 Å². The van der Waals surface area contributed by atoms with Crippen molar-refractivity contribution < 1.29 is 52.7 Å². The van der Waals surface area contributed by atoms with Gasteiger partial charge in [0.1, 0.15) is 29.6 Å². The summed E-state index contributed by atoms with van der Waals surface area (Å²) >= 11 is 0. The van der Waals surface area contributed by atoms with Gasteiger partial charge in [-0.05, 0) is 31.2 Å². The fourth-order valence-electron chi connectivity index (χ4n) is 6.34. The van der Waals surface area contributed by atoms with Crippen LogP contribution in [0.4, 0.5) is 18.9 Å². The first-order chi connectivity index (χ1) is 21.2. The number of Topliss-reactive ketones (excluding diaryl/α,β-unsaturated/α-hetero) is 1. The molecule has 3 aromatic rings. The number of carbonyl (C=O) groups excluding carboxylic acids is 3. The lowest BCUT2D eigenvalue weighted by Crippen LogP contribution is -2.47. The number of phenols is 2. The van der Waals surface area contributed by atoms with Crippen molar-refractivity contribution in [3.8, 4) is 17.2 Å². The summed E-state index contributed by atoms with van der Waals surface area (Å²) in [6.45, 7) is 2.82. The predicted molar refractivity (Wildman–Crippen MR) is 153 cm³/mol. The third kappa shape index (κ3) is 5.10. The number of fused-ring (bicyclic) bond motifs is 3. The number of benzene rings is 3. The standard InChI is InChI=1S/C32H29F3N2O8/c1-16(38)31(44)13-20-23(21(39)14-31)29(42)26-25(28(20)41)27(40)19-6-3-7-22(24(19)30(26)43)45-15-36-8-10-37(11-9-36)18-5-2-4-17(12-18)32(33,34)35/h2-7,12,21,39,41-42,44H,8-11,13-15H2,1H3. The van der Waals surface area contributed by atoms with Crippen LogP contribution in [0, 0.1) is 0 Å². The molecule has 6 rings (SSSR count). The van der Waals surface area contributed by atoms with E-state index in [1.807, 2.05) is 9.80 Å². The van der Waals surface area contributed by atoms with Gasteiger partial charge in [0, 0.05) is 61.4 Å². The predicted octanol–water partition coefficient (Wildman–Crippen LogP) is 3.35. The largest absolute Gasteiger partial charge is 0.507 e. The molecular weight excluding hydrogens is 597 g/mol. The first kappa shape index (κ1) is 30.6. The number of aromatic hydroxyl groups is 2. The normalized spacial score (nSPS) is 21.6. The number of anilines is 1. The minimum Gasteiger partial charge on any atom is -0.507 e. The third-order valence-corrected chi connectivity index (χ3v) is 8.84. The quantitative estimate of drug-likeness (QED) is 0.243. The highest BCUT2D eigenvalue weighted by Crippen LogP contribution is 2.51. The van der Waals surface area contributed by atoms with Gasteiger partial charge in [-0.2, -0.15) is 13.2 Å². The van der Waals surface area contributed by atoms with Crippen LogP contribution in [-0.2, 0) is 17.4 Å². The van der Waals surface area contributed by atoms with Gasteiger partial charge in [0.2, 0.25) is 5.78 Å². The Morgan fingerprint density at radius 3 is 2.31 bits per heavy atom. The summed E-state index contributed by atoms with van der Waals surface area (Å²) in [6.07, 6.45) is -7.01. The van der Waals surface area contributed by atoms with Crippen LogP contribution in [0.1, 0.15) is 68.0 Å². The zero-order chi connectivity index (χ0) is 32.4. The lowest BCUT2D eigenvalue weighted by molar-refractivity contribution is -0.139. The fourth-order valence-corrected chi connectivity index (χ4v) is 6.34. The van der Waals surface area contributed by atoms with Gasteiger partial charge < -0.3 is 30.1 Å². The number of hydrogen-bond donors (Lipinski definition) is 4. The molecule has 13 heteroatoms. The molecule has 4 N–H and O–H groups in total. The first-order valence-corrected chi connectivity index (χ1v) is 14.2. The number of phenolic OH excluding ortho intramolecular Hbond substituents is 2. The molecule has 0 radical (unpaired) electrons. The number of piperazine rings is 1. The zero-order valence-corrected chi connectivity index (χ0v) is 24.0. The molecular formula is C32H29F3N2O8. The SMILES string of the molecule is CC(=O)C1(O)Cc2c(O)c3c(c(O)c2C(O)C1)C(=O)c1c(OCN2CCN(c4cccc(C(F)(F)F)c4)CC2)cccc1C3=O. The van der Waals surface area contributed by atoms with Crippen molar-refractivity contribution in [1.82, 2.24) is 4.90 Å². The Hall–Kier alpha value is -4.46. The highest BCUT2D eigenvalue weighted by molar-refractivity contribution is 6.31. The molecule has 0 bridgehead atoms. The summed E-state index contributed by atoms with van der Waals surface area (Å²) in [5, 5.41) is 43.8. The fraction of sp³-hybridized carbons (Fsp3) is 0.344. The van der Waals surface area contributed by atoms with Crippen LogP contribution in [0.5, 0.6) is 17.2 Å². The van der Waals surface area contributed by atoms with Gasteiger partial charge in [-0.15, -0.1) is 0 Å². The summed E-state index contributed by atoms with van der Waals surface area (Å²) < 4.78 is 45.4. The molecule has 0 saturated carbocycles. The van der Waals surface area contributed by atoms with Crippen LogP contribution in [0.25, 0.3) is 0 Å². The highest BCUT2D eigenvalue weighted by Gasteiger charge is 2.47. The van der Waals surface area contributed by atoms with E-state index in [1.165, 1.54) is 24.3 Å². The molecule has 0 aromatic heterocycles. The number of ketones is 3. The second kappa shape index (κ2) is 10.9. The second-order valence-electron chi connectivity index (χ2n) is 11.6. The maximum Gasteiger partial charge on any atom is 0.416 e. The van der Waals surface area contributed by atoms with Crippen LogP contribution < -0.4 is 9.64 Å². The molecule has 2 atom stereocenters. The molecule has 1 fully saturated rings. The lowest BCUT2D eigenvalue weighted by atomic mass is 9.72. The molecule has 1 saturated heterocycles. The molecule has 2 unspecified atom stereocenters. The van der Waals surface area contributed by atoms with Gasteiger partial charge in [-0.1, -0.05) is 18.2 Å². The van der Waals surface area contributed by atoms with Crippen molar-refractivity contribution in [2.75, 3.05) is 37.8 Å². The number of carbonyl (C=O) groups is 3. The van der Waals surface area contributed by atoms with Gasteiger partial charge in [0.25, 0.3) is 0 Å². The summed E-state index contributed by atoms with van der Waals surface area (Å²) in [6, 6.07) is 9.44. The van der Waals surface area contributed by atoms with Gasteiger partial charge in [-0.3, -0.25) is 19.3 Å². The molecule has 1 aliphatic heterocycles. The van der Waals surface area contributed by atoms with E-state index in [4.69, 9.17) is 4.74 Å². The van der Waals surface area contributed by atoms with E-state index in [9.17, 15) is 48.0 Å². The van der Waals surface area contributed by atoms with Gasteiger partial charge in [-0.25, -0.2) is 0 Å². The van der Waals surface area contributed by atoms with E-state index in [2.05, 4.69) is 0 Å². The number of halogens is 3. The molecule has 1 heterocycles. The summed E-state index contributed by atoms with van der Waals surface area (Å²) in [5.41, 5.74) is -3.98. The topological polar surface area (TPSA) is 148 Å². The average Bonchev–Trinajstić information content (AvgIpc) is 3.00. The Morgan fingerprint density at radius 1 is 0.978 bits per heavy atom. The maximum atomic E-state index is 13.8. The molecule has 0 spiro atoms. The van der Waals surface area contributed by atoms with Crippen molar-refractivity contribution >= 4 is 23.0 Å². The number of aliphatic hydroxyl groups excluding tert-OH is 1. The summed E-state index contributed by atoms with van der Waals surface area (Å²) in [7, 11) is 0. The van der Waals surface area contributed by atoms with Crippen molar-refractivity contribution in [3.63, 3.8) is 0 Å². The minimum absolute atomic E-state index is 0.00895. The molecule has 45 heavy (non-hydrogen) atoms. The summed E-state index contributed by atoms with van der Waals surface area (Å²) in [5.74, 6) is -3.66. The van der Waals surface area contributed by atoms with Gasteiger partial charge in [0.05, 0.1) is 28.4 Å². The van der Waals surface area contributed by atoms with E-state index in [0.717, 1.165) is 19.1 Å². The second-order valence-corrected chi connectivity index (χ2v) is 11.6. The molecule has 2 aliphatic carbocycles. The number of hydrogen-bond acceptors (Lipinski definition) is 10. The van der Waals surface area contributed by atoms with E-state index in [1.54, 1.807) is 6.07 Å². The van der Waals surface area contributed by atoms with Crippen LogP contribution in [-0.4, -0.2) is 81.2 Å². The molecule has 236 valence electrons. The zero-order valence-electron chi connectivity index (χ0n) is 24.0. The Bertz CT molecular complexity index is 1750. The number of alkyl halides is 3. The van der Waals surface area contributed by atoms with Crippen molar-refractivity contribution in [3.05, 3.63) is 81.4 Å². The average molecular weight is 627 g/mol.